The maximum atomic E-state index is 9.63. The molecular formula is C13H25NO. The van der Waals surface area contributed by atoms with Crippen LogP contribution in [0.3, 0.4) is 0 Å². The first-order valence-electron chi connectivity index (χ1n) is 6.75. The van der Waals surface area contributed by atoms with Crippen LogP contribution in [-0.4, -0.2) is 34.7 Å². The van der Waals surface area contributed by atoms with Gasteiger partial charge in [-0.05, 0) is 45.1 Å². The lowest BCUT2D eigenvalue weighted by molar-refractivity contribution is 0.115. The van der Waals surface area contributed by atoms with Crippen LogP contribution < -0.4 is 0 Å². The van der Waals surface area contributed by atoms with Crippen LogP contribution in [0.1, 0.15) is 58.3 Å². The number of hydrogen-bond acceptors (Lipinski definition) is 2. The molecule has 0 aromatic heterocycles. The summed E-state index contributed by atoms with van der Waals surface area (Å²) in [5.74, 6) is 0. The zero-order valence-corrected chi connectivity index (χ0v) is 9.99. The Hall–Kier alpha value is -0.0800. The molecule has 1 aliphatic carbocycles. The highest BCUT2D eigenvalue weighted by atomic mass is 16.3. The van der Waals surface area contributed by atoms with Crippen molar-refractivity contribution in [3.63, 3.8) is 0 Å². The van der Waals surface area contributed by atoms with Gasteiger partial charge in [0.15, 0.2) is 0 Å². The van der Waals surface area contributed by atoms with Crippen molar-refractivity contribution in [3.05, 3.63) is 0 Å². The van der Waals surface area contributed by atoms with Crippen LogP contribution in [0, 0.1) is 0 Å². The third kappa shape index (κ3) is 2.73. The molecule has 0 bridgehead atoms. The van der Waals surface area contributed by atoms with E-state index in [-0.39, 0.29) is 6.10 Å². The second-order valence-electron chi connectivity index (χ2n) is 5.27. The van der Waals surface area contributed by atoms with E-state index in [2.05, 4.69) is 11.8 Å². The average Bonchev–Trinajstić information content (AvgIpc) is 2.54. The van der Waals surface area contributed by atoms with E-state index in [1.807, 2.05) is 0 Å². The van der Waals surface area contributed by atoms with Gasteiger partial charge in [-0.1, -0.05) is 19.8 Å². The monoisotopic (exact) mass is 211 g/mol. The lowest BCUT2D eigenvalue weighted by Gasteiger charge is -2.34. The van der Waals surface area contributed by atoms with Gasteiger partial charge in [-0.3, -0.25) is 4.90 Å². The number of hydrogen-bond donors (Lipinski definition) is 1. The highest BCUT2D eigenvalue weighted by molar-refractivity contribution is 4.87. The van der Waals surface area contributed by atoms with E-state index in [0.29, 0.717) is 6.04 Å². The van der Waals surface area contributed by atoms with Crippen LogP contribution in [0.5, 0.6) is 0 Å². The van der Waals surface area contributed by atoms with E-state index in [1.165, 1.54) is 45.1 Å². The van der Waals surface area contributed by atoms with Gasteiger partial charge in [0, 0.05) is 12.1 Å². The molecule has 0 aromatic carbocycles. The smallest absolute Gasteiger partial charge is 0.0555 e. The largest absolute Gasteiger partial charge is 0.393 e. The van der Waals surface area contributed by atoms with Crippen molar-refractivity contribution in [1.29, 1.82) is 0 Å². The molecule has 0 aromatic rings. The minimum absolute atomic E-state index is 0.0178. The Morgan fingerprint density at radius 1 is 1.13 bits per heavy atom. The zero-order chi connectivity index (χ0) is 10.7. The molecule has 1 saturated carbocycles. The molecule has 15 heavy (non-hydrogen) atoms. The third-order valence-electron chi connectivity index (χ3n) is 4.24. The van der Waals surface area contributed by atoms with Crippen molar-refractivity contribution in [3.8, 4) is 0 Å². The standard InChI is InChI=1S/C13H25NO/c1-2-11-6-4-3-5-9-14(11)12-7-8-13(15)10-12/h11-13,15H,2-10H2,1H3. The molecule has 2 heteroatoms. The fourth-order valence-electron chi connectivity index (χ4n) is 3.35. The van der Waals surface area contributed by atoms with E-state index < -0.39 is 0 Å². The maximum absolute atomic E-state index is 9.63. The first-order valence-corrected chi connectivity index (χ1v) is 6.75. The minimum Gasteiger partial charge on any atom is -0.393 e. The molecule has 2 nitrogen and oxygen atoms in total. The Labute approximate surface area is 93.7 Å². The molecule has 3 atom stereocenters. The fourth-order valence-corrected chi connectivity index (χ4v) is 3.35. The van der Waals surface area contributed by atoms with Crippen LogP contribution in [0.4, 0.5) is 0 Å². The molecule has 2 rings (SSSR count). The summed E-state index contributed by atoms with van der Waals surface area (Å²) in [5, 5.41) is 9.63. The van der Waals surface area contributed by atoms with Gasteiger partial charge in [-0.15, -0.1) is 0 Å². The number of nitrogens with zero attached hydrogens (tertiary/aromatic N) is 1. The van der Waals surface area contributed by atoms with Crippen LogP contribution in [0.2, 0.25) is 0 Å². The van der Waals surface area contributed by atoms with E-state index in [0.717, 1.165) is 18.9 Å². The number of rotatable bonds is 2. The van der Waals surface area contributed by atoms with Gasteiger partial charge >= 0.3 is 0 Å². The summed E-state index contributed by atoms with van der Waals surface area (Å²) in [6, 6.07) is 1.48. The predicted octanol–water partition coefficient (Wildman–Crippen LogP) is 2.55. The van der Waals surface area contributed by atoms with Gasteiger partial charge < -0.3 is 5.11 Å². The van der Waals surface area contributed by atoms with Crippen LogP contribution in [0.15, 0.2) is 0 Å². The average molecular weight is 211 g/mol. The molecule has 1 aliphatic heterocycles. The van der Waals surface area contributed by atoms with Gasteiger partial charge in [-0.2, -0.15) is 0 Å². The molecule has 0 spiro atoms. The topological polar surface area (TPSA) is 23.5 Å². The van der Waals surface area contributed by atoms with Crippen molar-refractivity contribution in [2.75, 3.05) is 6.54 Å². The number of likely N-dealkylation sites (tertiary alicyclic amines) is 1. The summed E-state index contributed by atoms with van der Waals surface area (Å²) in [6.07, 6.45) is 10.1. The normalized spacial score (nSPS) is 39.2. The van der Waals surface area contributed by atoms with Crippen molar-refractivity contribution in [2.24, 2.45) is 0 Å². The molecule has 1 saturated heterocycles. The Kier molecular flexibility index (Phi) is 4.04. The van der Waals surface area contributed by atoms with Crippen molar-refractivity contribution in [2.45, 2.75) is 76.5 Å². The zero-order valence-electron chi connectivity index (χ0n) is 9.99. The summed E-state index contributed by atoms with van der Waals surface area (Å²) in [5.41, 5.74) is 0. The lowest BCUT2D eigenvalue weighted by atomic mass is 10.1. The molecule has 1 heterocycles. The Balaban J connectivity index is 1.96. The van der Waals surface area contributed by atoms with Crippen LogP contribution >= 0.6 is 0 Å². The predicted molar refractivity (Wildman–Crippen MR) is 62.9 cm³/mol. The van der Waals surface area contributed by atoms with Crippen LogP contribution in [0.25, 0.3) is 0 Å². The molecule has 0 radical (unpaired) electrons. The van der Waals surface area contributed by atoms with Gasteiger partial charge in [0.05, 0.1) is 6.10 Å². The summed E-state index contributed by atoms with van der Waals surface area (Å²) >= 11 is 0. The Bertz CT molecular complexity index is 195. The van der Waals surface area contributed by atoms with Gasteiger partial charge in [0.2, 0.25) is 0 Å². The molecule has 88 valence electrons. The fraction of sp³-hybridized carbons (Fsp3) is 1.00. The van der Waals surface area contributed by atoms with Gasteiger partial charge in [-0.25, -0.2) is 0 Å². The van der Waals surface area contributed by atoms with Crippen molar-refractivity contribution < 1.29 is 5.11 Å². The second-order valence-corrected chi connectivity index (χ2v) is 5.27. The van der Waals surface area contributed by atoms with E-state index in [1.54, 1.807) is 0 Å². The highest BCUT2D eigenvalue weighted by Crippen LogP contribution is 2.30. The first kappa shape index (κ1) is 11.4. The molecule has 3 unspecified atom stereocenters. The summed E-state index contributed by atoms with van der Waals surface area (Å²) < 4.78 is 0. The van der Waals surface area contributed by atoms with Crippen LogP contribution in [-0.2, 0) is 0 Å². The SMILES string of the molecule is CCC1CCCCCN1C1CCC(O)C1. The van der Waals surface area contributed by atoms with E-state index in [4.69, 9.17) is 0 Å². The van der Waals surface area contributed by atoms with Gasteiger partial charge in [0.1, 0.15) is 0 Å². The van der Waals surface area contributed by atoms with Gasteiger partial charge in [0.25, 0.3) is 0 Å². The highest BCUT2D eigenvalue weighted by Gasteiger charge is 2.31. The van der Waals surface area contributed by atoms with E-state index >= 15 is 0 Å². The summed E-state index contributed by atoms with van der Waals surface area (Å²) in [6.45, 7) is 3.59. The quantitative estimate of drug-likeness (QED) is 0.759. The first-order chi connectivity index (χ1) is 7.31. The molecule has 1 N–H and O–H groups in total. The molecule has 0 amide bonds. The lowest BCUT2D eigenvalue weighted by Crippen LogP contribution is -2.41. The molecule has 2 aliphatic rings. The van der Waals surface area contributed by atoms with Crippen molar-refractivity contribution >= 4 is 0 Å². The Morgan fingerprint density at radius 2 is 2.00 bits per heavy atom. The molecular weight excluding hydrogens is 186 g/mol. The molecule has 2 fully saturated rings. The Morgan fingerprint density at radius 3 is 2.67 bits per heavy atom. The summed E-state index contributed by atoms with van der Waals surface area (Å²) in [4.78, 5) is 2.71. The third-order valence-corrected chi connectivity index (χ3v) is 4.24. The maximum Gasteiger partial charge on any atom is 0.0555 e. The van der Waals surface area contributed by atoms with E-state index in [9.17, 15) is 5.11 Å². The minimum atomic E-state index is -0.0178. The number of aliphatic hydroxyl groups is 1. The summed E-state index contributed by atoms with van der Waals surface area (Å²) in [7, 11) is 0. The second kappa shape index (κ2) is 5.31. The van der Waals surface area contributed by atoms with Crippen molar-refractivity contribution in [1.82, 2.24) is 4.90 Å². The number of aliphatic hydroxyl groups excluding tert-OH is 1.